The van der Waals surface area contributed by atoms with Crippen molar-refractivity contribution in [2.45, 2.75) is 19.4 Å². The van der Waals surface area contributed by atoms with E-state index in [1.807, 2.05) is 31.2 Å². The molecule has 0 saturated carbocycles. The van der Waals surface area contributed by atoms with Gasteiger partial charge in [-0.25, -0.2) is 13.1 Å². The van der Waals surface area contributed by atoms with Crippen LogP contribution in [0.3, 0.4) is 0 Å². The number of benzene rings is 2. The summed E-state index contributed by atoms with van der Waals surface area (Å²) in [6, 6.07) is 13.9. The molecule has 1 aliphatic rings. The zero-order chi connectivity index (χ0) is 23.6. The van der Waals surface area contributed by atoms with Crippen molar-refractivity contribution in [1.82, 2.24) is 9.78 Å². The lowest BCUT2D eigenvalue weighted by Gasteiger charge is -2.14. The number of carbonyl (C=O) groups excluding carboxylic acids is 1. The topological polar surface area (TPSA) is 99.5 Å². The summed E-state index contributed by atoms with van der Waals surface area (Å²) in [6.07, 6.45) is 0.440. The van der Waals surface area contributed by atoms with Crippen LogP contribution in [0, 0.1) is 6.92 Å². The molecule has 0 bridgehead atoms. The summed E-state index contributed by atoms with van der Waals surface area (Å²) in [5.41, 5.74) is 2.28. The van der Waals surface area contributed by atoms with E-state index < -0.39 is 9.84 Å². The Morgan fingerprint density at radius 3 is 2.55 bits per heavy atom. The van der Waals surface area contributed by atoms with E-state index in [4.69, 9.17) is 21.1 Å². The number of anilines is 1. The molecule has 3 aromatic rings. The lowest BCUT2D eigenvalue weighted by atomic mass is 10.1. The number of sulfone groups is 1. The van der Waals surface area contributed by atoms with Crippen molar-refractivity contribution in [3.63, 3.8) is 0 Å². The molecule has 2 aromatic carbocycles. The third kappa shape index (κ3) is 5.48. The normalized spacial score (nSPS) is 17.0. The molecule has 1 amide bonds. The zero-order valence-electron chi connectivity index (χ0n) is 18.2. The number of nitrogens with zero attached hydrogens (tertiary/aromatic N) is 2. The Labute approximate surface area is 197 Å². The fourth-order valence-electron chi connectivity index (χ4n) is 3.67. The van der Waals surface area contributed by atoms with E-state index in [0.29, 0.717) is 34.5 Å². The zero-order valence-corrected chi connectivity index (χ0v) is 19.8. The van der Waals surface area contributed by atoms with E-state index in [2.05, 4.69) is 10.4 Å². The maximum atomic E-state index is 12.6. The van der Waals surface area contributed by atoms with E-state index in [-0.39, 0.29) is 30.1 Å². The van der Waals surface area contributed by atoms with Crippen molar-refractivity contribution >= 4 is 33.2 Å². The van der Waals surface area contributed by atoms with Crippen LogP contribution < -0.4 is 14.8 Å². The van der Waals surface area contributed by atoms with Gasteiger partial charge in [-0.1, -0.05) is 11.6 Å². The first kappa shape index (κ1) is 23.1. The number of hydrogen-bond donors (Lipinski definition) is 1. The second-order valence-corrected chi connectivity index (χ2v) is 10.5. The molecular formula is C23H24ClN3O5S. The van der Waals surface area contributed by atoms with Crippen LogP contribution in [-0.4, -0.2) is 49.3 Å². The van der Waals surface area contributed by atoms with Crippen molar-refractivity contribution in [2.75, 3.05) is 30.5 Å². The molecule has 2 heterocycles. The average molecular weight is 490 g/mol. The molecule has 4 rings (SSSR count). The van der Waals surface area contributed by atoms with Crippen LogP contribution in [0.25, 0.3) is 11.3 Å². The summed E-state index contributed by atoms with van der Waals surface area (Å²) in [4.78, 5) is 12.6. The van der Waals surface area contributed by atoms with Crippen LogP contribution in [0.4, 0.5) is 5.82 Å². The Balaban J connectivity index is 1.54. The molecule has 1 atom stereocenters. The van der Waals surface area contributed by atoms with Gasteiger partial charge in [-0.05, 0) is 61.4 Å². The van der Waals surface area contributed by atoms with Crippen molar-refractivity contribution < 1.29 is 22.7 Å². The number of halogens is 1. The van der Waals surface area contributed by atoms with Gasteiger partial charge in [0, 0.05) is 16.7 Å². The minimum absolute atomic E-state index is 0.0137. The Hall–Kier alpha value is -3.04. The van der Waals surface area contributed by atoms with Gasteiger partial charge in [0.2, 0.25) is 0 Å². The number of hydrogen-bond acceptors (Lipinski definition) is 6. The SMILES string of the molecule is COc1ccc(-c2cc(NC(=O)COc3ccc(Cl)c(C)c3)n([C@@H]3CCS(=O)(=O)C3)n2)cc1. The van der Waals surface area contributed by atoms with E-state index in [0.717, 1.165) is 11.1 Å². The summed E-state index contributed by atoms with van der Waals surface area (Å²) < 4.78 is 36.4. The largest absolute Gasteiger partial charge is 0.497 e. The molecule has 1 aromatic heterocycles. The Morgan fingerprint density at radius 2 is 1.91 bits per heavy atom. The summed E-state index contributed by atoms with van der Waals surface area (Å²) in [5, 5.41) is 8.05. The highest BCUT2D eigenvalue weighted by Gasteiger charge is 2.31. The first-order valence-electron chi connectivity index (χ1n) is 10.4. The lowest BCUT2D eigenvalue weighted by Crippen LogP contribution is -2.23. The Bertz CT molecular complexity index is 1270. The van der Waals surface area contributed by atoms with Crippen LogP contribution in [0.5, 0.6) is 11.5 Å². The Morgan fingerprint density at radius 1 is 1.18 bits per heavy atom. The predicted octanol–water partition coefficient (Wildman–Crippen LogP) is 3.90. The van der Waals surface area contributed by atoms with Gasteiger partial charge in [-0.3, -0.25) is 4.79 Å². The molecule has 174 valence electrons. The predicted molar refractivity (Wildman–Crippen MR) is 127 cm³/mol. The van der Waals surface area contributed by atoms with Crippen molar-refractivity contribution in [1.29, 1.82) is 0 Å². The van der Waals surface area contributed by atoms with Gasteiger partial charge in [0.15, 0.2) is 16.4 Å². The Kier molecular flexibility index (Phi) is 6.62. The number of carbonyl (C=O) groups is 1. The summed E-state index contributed by atoms with van der Waals surface area (Å²) in [5.74, 6) is 1.36. The fraction of sp³-hybridized carbons (Fsp3) is 0.304. The van der Waals surface area contributed by atoms with Crippen molar-refractivity contribution in [3.05, 3.63) is 59.1 Å². The minimum Gasteiger partial charge on any atom is -0.497 e. The quantitative estimate of drug-likeness (QED) is 0.540. The molecule has 0 radical (unpaired) electrons. The van der Waals surface area contributed by atoms with E-state index >= 15 is 0 Å². The number of rotatable bonds is 7. The van der Waals surface area contributed by atoms with Gasteiger partial charge in [0.1, 0.15) is 17.3 Å². The number of nitrogens with one attached hydrogen (secondary N) is 1. The smallest absolute Gasteiger partial charge is 0.263 e. The van der Waals surface area contributed by atoms with Gasteiger partial charge >= 0.3 is 0 Å². The maximum absolute atomic E-state index is 12.6. The van der Waals surface area contributed by atoms with Crippen LogP contribution in [-0.2, 0) is 14.6 Å². The minimum atomic E-state index is -3.13. The average Bonchev–Trinajstić information content (AvgIpc) is 3.37. The third-order valence-electron chi connectivity index (χ3n) is 5.44. The van der Waals surface area contributed by atoms with E-state index in [1.54, 1.807) is 36.1 Å². The summed E-state index contributed by atoms with van der Waals surface area (Å²) in [6.45, 7) is 1.64. The number of methoxy groups -OCH3 is 1. The third-order valence-corrected chi connectivity index (χ3v) is 7.62. The second kappa shape index (κ2) is 9.44. The van der Waals surface area contributed by atoms with Gasteiger partial charge in [0.05, 0.1) is 30.4 Å². The molecular weight excluding hydrogens is 466 g/mol. The van der Waals surface area contributed by atoms with Crippen LogP contribution in [0.2, 0.25) is 5.02 Å². The highest BCUT2D eigenvalue weighted by molar-refractivity contribution is 7.91. The first-order valence-corrected chi connectivity index (χ1v) is 12.6. The first-order chi connectivity index (χ1) is 15.7. The van der Waals surface area contributed by atoms with E-state index in [9.17, 15) is 13.2 Å². The molecule has 0 spiro atoms. The second-order valence-electron chi connectivity index (χ2n) is 7.89. The molecule has 0 unspecified atom stereocenters. The van der Waals surface area contributed by atoms with E-state index in [1.165, 1.54) is 0 Å². The molecule has 1 N–H and O–H groups in total. The highest BCUT2D eigenvalue weighted by atomic mass is 35.5. The van der Waals surface area contributed by atoms with Gasteiger partial charge in [-0.2, -0.15) is 5.10 Å². The van der Waals surface area contributed by atoms with Gasteiger partial charge < -0.3 is 14.8 Å². The molecule has 10 heteroatoms. The monoisotopic (exact) mass is 489 g/mol. The van der Waals surface area contributed by atoms with Gasteiger partial charge in [-0.15, -0.1) is 0 Å². The fourth-order valence-corrected chi connectivity index (χ4v) is 5.48. The summed E-state index contributed by atoms with van der Waals surface area (Å²) in [7, 11) is -1.54. The number of ether oxygens (including phenoxy) is 2. The lowest BCUT2D eigenvalue weighted by molar-refractivity contribution is -0.118. The van der Waals surface area contributed by atoms with Crippen LogP contribution >= 0.6 is 11.6 Å². The van der Waals surface area contributed by atoms with Crippen molar-refractivity contribution in [2.24, 2.45) is 0 Å². The molecule has 1 fully saturated rings. The highest BCUT2D eigenvalue weighted by Crippen LogP contribution is 2.31. The molecule has 1 aliphatic heterocycles. The molecule has 0 aliphatic carbocycles. The number of aryl methyl sites for hydroxylation is 1. The van der Waals surface area contributed by atoms with Crippen LogP contribution in [0.15, 0.2) is 48.5 Å². The standard InChI is InChI=1S/C23H24ClN3O5S/c1-15-11-19(7-8-20(15)24)32-13-23(28)25-22-12-21(16-3-5-18(31-2)6-4-16)26-27(22)17-9-10-33(29,30)14-17/h3-8,11-12,17H,9-10,13-14H2,1-2H3,(H,25,28)/t17-/m1/s1. The number of aromatic nitrogens is 2. The molecule has 33 heavy (non-hydrogen) atoms. The number of amides is 1. The van der Waals surface area contributed by atoms with Crippen LogP contribution in [0.1, 0.15) is 18.0 Å². The van der Waals surface area contributed by atoms with Gasteiger partial charge in [0.25, 0.3) is 5.91 Å². The molecule has 8 nitrogen and oxygen atoms in total. The molecule has 1 saturated heterocycles. The summed E-state index contributed by atoms with van der Waals surface area (Å²) >= 11 is 6.03. The van der Waals surface area contributed by atoms with Crippen molar-refractivity contribution in [3.8, 4) is 22.8 Å². The maximum Gasteiger partial charge on any atom is 0.263 e.